The summed E-state index contributed by atoms with van der Waals surface area (Å²) in [6.07, 6.45) is 0. The van der Waals surface area contributed by atoms with Crippen LogP contribution in [0.25, 0.3) is 0 Å². The summed E-state index contributed by atoms with van der Waals surface area (Å²) in [5, 5.41) is 16.3. The van der Waals surface area contributed by atoms with Crippen molar-refractivity contribution in [3.05, 3.63) is 68.2 Å². The van der Waals surface area contributed by atoms with E-state index in [0.717, 1.165) is 16.7 Å². The Kier molecular flexibility index (Phi) is 6.12. The van der Waals surface area contributed by atoms with Crippen molar-refractivity contribution in [2.45, 2.75) is 26.8 Å². The first-order chi connectivity index (χ1) is 11.8. The lowest BCUT2D eigenvalue weighted by atomic mass is 10.1. The number of carbonyl (C=O) groups is 1. The molecule has 0 aliphatic rings. The molecule has 0 saturated carbocycles. The lowest BCUT2D eigenvalue weighted by molar-refractivity contribution is -0.682. The van der Waals surface area contributed by atoms with Gasteiger partial charge < -0.3 is 10.6 Å². The predicted molar refractivity (Wildman–Crippen MR) is 97.9 cm³/mol. The Labute approximate surface area is 151 Å². The average Bonchev–Trinajstić information content (AvgIpc) is 2.56. The lowest BCUT2D eigenvalue weighted by Crippen LogP contribution is -2.86. The number of nitro benzene ring substituents is 1. The molecule has 0 aromatic heterocycles. The molecule has 2 aromatic carbocycles. The van der Waals surface area contributed by atoms with E-state index in [1.165, 1.54) is 6.07 Å². The molecular weight excluding hydrogens is 342 g/mol. The first kappa shape index (κ1) is 18.9. The van der Waals surface area contributed by atoms with E-state index < -0.39 is 4.92 Å². The van der Waals surface area contributed by atoms with Gasteiger partial charge in [-0.1, -0.05) is 29.8 Å². The number of amides is 1. The Bertz CT molecular complexity index is 808. The van der Waals surface area contributed by atoms with Gasteiger partial charge in [-0.2, -0.15) is 0 Å². The molecule has 2 rings (SSSR count). The monoisotopic (exact) mass is 362 g/mol. The highest BCUT2D eigenvalue weighted by molar-refractivity contribution is 6.31. The highest BCUT2D eigenvalue weighted by Gasteiger charge is 2.19. The number of rotatable bonds is 6. The van der Waals surface area contributed by atoms with Gasteiger partial charge in [0, 0.05) is 16.7 Å². The topological polar surface area (TPSA) is 88.8 Å². The Hall–Kier alpha value is -2.44. The minimum absolute atomic E-state index is 0.00538. The molecule has 132 valence electrons. The van der Waals surface area contributed by atoms with Crippen LogP contribution in [-0.2, 0) is 4.79 Å². The van der Waals surface area contributed by atoms with E-state index in [1.807, 2.05) is 37.4 Å². The van der Waals surface area contributed by atoms with Crippen LogP contribution in [0.3, 0.4) is 0 Å². The maximum Gasteiger partial charge on any atom is 0.293 e. The molecule has 0 spiro atoms. The van der Waals surface area contributed by atoms with Gasteiger partial charge in [0.1, 0.15) is 11.7 Å². The number of quaternary nitrogens is 1. The molecule has 7 heteroatoms. The summed E-state index contributed by atoms with van der Waals surface area (Å²) in [4.78, 5) is 22.9. The van der Waals surface area contributed by atoms with E-state index in [4.69, 9.17) is 11.6 Å². The first-order valence-corrected chi connectivity index (χ1v) is 8.30. The maximum atomic E-state index is 12.2. The van der Waals surface area contributed by atoms with Crippen LogP contribution in [0.15, 0.2) is 36.4 Å². The molecule has 0 fully saturated rings. The third-order valence-corrected chi connectivity index (χ3v) is 4.48. The number of nitro groups is 1. The van der Waals surface area contributed by atoms with Crippen LogP contribution in [0.1, 0.15) is 29.7 Å². The van der Waals surface area contributed by atoms with Crippen molar-refractivity contribution in [1.29, 1.82) is 0 Å². The minimum atomic E-state index is -0.488. The van der Waals surface area contributed by atoms with Crippen molar-refractivity contribution >= 4 is 28.9 Å². The van der Waals surface area contributed by atoms with Gasteiger partial charge in [-0.3, -0.25) is 14.9 Å². The van der Waals surface area contributed by atoms with Crippen LogP contribution >= 0.6 is 11.6 Å². The number of aryl methyl sites for hydroxylation is 2. The van der Waals surface area contributed by atoms with Gasteiger partial charge in [-0.25, -0.2) is 0 Å². The largest absolute Gasteiger partial charge is 0.332 e. The smallest absolute Gasteiger partial charge is 0.293 e. The summed E-state index contributed by atoms with van der Waals surface area (Å²) in [5.74, 6) is -0.301. The third-order valence-electron chi connectivity index (χ3n) is 4.14. The second kappa shape index (κ2) is 8.09. The van der Waals surface area contributed by atoms with Gasteiger partial charge >= 0.3 is 0 Å². The number of hydrogen-bond donors (Lipinski definition) is 2. The second-order valence-corrected chi connectivity index (χ2v) is 6.42. The summed E-state index contributed by atoms with van der Waals surface area (Å²) in [7, 11) is 0. The Morgan fingerprint density at radius 1 is 1.28 bits per heavy atom. The Morgan fingerprint density at radius 2 is 1.92 bits per heavy atom. The SMILES string of the molecule is Cc1cc(NC(=O)C[NH2+][C@H](C)c2ccccc2Cl)c([N+](=O)[O-])cc1C. The molecule has 2 aromatic rings. The van der Waals surface area contributed by atoms with Crippen LogP contribution in [0.5, 0.6) is 0 Å². The number of anilines is 1. The van der Waals surface area contributed by atoms with Crippen molar-refractivity contribution in [3.8, 4) is 0 Å². The molecule has 1 amide bonds. The van der Waals surface area contributed by atoms with E-state index in [-0.39, 0.29) is 29.9 Å². The van der Waals surface area contributed by atoms with Crippen molar-refractivity contribution in [2.75, 3.05) is 11.9 Å². The maximum absolute atomic E-state index is 12.2. The summed E-state index contributed by atoms with van der Waals surface area (Å²) in [5.41, 5.74) is 2.75. The molecule has 0 aliphatic carbocycles. The van der Waals surface area contributed by atoms with Crippen molar-refractivity contribution in [3.63, 3.8) is 0 Å². The molecule has 0 saturated heterocycles. The number of carbonyl (C=O) groups excluding carboxylic acids is 1. The molecule has 0 radical (unpaired) electrons. The van der Waals surface area contributed by atoms with Gasteiger partial charge in [0.05, 0.1) is 4.92 Å². The molecule has 6 nitrogen and oxygen atoms in total. The molecule has 3 N–H and O–H groups in total. The quantitative estimate of drug-likeness (QED) is 0.611. The van der Waals surface area contributed by atoms with Crippen molar-refractivity contribution in [1.82, 2.24) is 0 Å². The normalized spacial score (nSPS) is 11.8. The molecule has 1 atom stereocenters. The van der Waals surface area contributed by atoms with Crippen molar-refractivity contribution < 1.29 is 15.0 Å². The number of nitrogens with zero attached hydrogens (tertiary/aromatic N) is 1. The lowest BCUT2D eigenvalue weighted by Gasteiger charge is -2.13. The fourth-order valence-corrected chi connectivity index (χ4v) is 2.82. The number of benzene rings is 2. The van der Waals surface area contributed by atoms with E-state index in [9.17, 15) is 14.9 Å². The number of nitrogens with two attached hydrogens (primary N) is 1. The van der Waals surface area contributed by atoms with E-state index in [2.05, 4.69) is 5.32 Å². The van der Waals surface area contributed by atoms with Crippen LogP contribution < -0.4 is 10.6 Å². The molecule has 25 heavy (non-hydrogen) atoms. The van der Waals surface area contributed by atoms with Gasteiger partial charge in [-0.05, 0) is 44.0 Å². The van der Waals surface area contributed by atoms with Gasteiger partial charge in [0.2, 0.25) is 0 Å². The summed E-state index contributed by atoms with van der Waals surface area (Å²) >= 11 is 6.16. The molecule has 0 aliphatic heterocycles. The number of hydrogen-bond acceptors (Lipinski definition) is 3. The Balaban J connectivity index is 2.05. The zero-order valence-corrected chi connectivity index (χ0v) is 15.1. The zero-order valence-electron chi connectivity index (χ0n) is 14.4. The molecular formula is C18H21ClN3O3+. The van der Waals surface area contributed by atoms with Crippen LogP contribution in [0.2, 0.25) is 5.02 Å². The fourth-order valence-electron chi connectivity index (χ4n) is 2.51. The predicted octanol–water partition coefficient (Wildman–Crippen LogP) is 3.13. The average molecular weight is 363 g/mol. The fraction of sp³-hybridized carbons (Fsp3) is 0.278. The summed E-state index contributed by atoms with van der Waals surface area (Å²) in [6, 6.07) is 10.6. The minimum Gasteiger partial charge on any atom is -0.332 e. The highest BCUT2D eigenvalue weighted by Crippen LogP contribution is 2.27. The summed E-state index contributed by atoms with van der Waals surface area (Å²) in [6.45, 7) is 5.73. The number of nitrogens with one attached hydrogen (secondary N) is 1. The molecule has 0 bridgehead atoms. The second-order valence-electron chi connectivity index (χ2n) is 6.01. The highest BCUT2D eigenvalue weighted by atomic mass is 35.5. The van der Waals surface area contributed by atoms with E-state index in [1.54, 1.807) is 19.1 Å². The van der Waals surface area contributed by atoms with E-state index >= 15 is 0 Å². The van der Waals surface area contributed by atoms with Gasteiger partial charge in [-0.15, -0.1) is 0 Å². The van der Waals surface area contributed by atoms with Crippen LogP contribution in [0.4, 0.5) is 11.4 Å². The van der Waals surface area contributed by atoms with Gasteiger partial charge in [0.25, 0.3) is 11.6 Å². The van der Waals surface area contributed by atoms with Gasteiger partial charge in [0.15, 0.2) is 6.54 Å². The summed E-state index contributed by atoms with van der Waals surface area (Å²) < 4.78 is 0. The zero-order chi connectivity index (χ0) is 18.6. The standard InChI is InChI=1S/C18H20ClN3O3/c1-11-8-16(17(22(24)25)9-12(11)2)21-18(23)10-20-13(3)14-6-4-5-7-15(14)19/h4-9,13,20H,10H2,1-3H3,(H,21,23)/p+1/t13-/m1/s1. The van der Waals surface area contributed by atoms with Crippen LogP contribution in [0, 0.1) is 24.0 Å². The first-order valence-electron chi connectivity index (χ1n) is 7.93. The molecule has 0 unspecified atom stereocenters. The third kappa shape index (κ3) is 4.78. The van der Waals surface area contributed by atoms with Crippen LogP contribution in [-0.4, -0.2) is 17.4 Å². The number of halogens is 1. The van der Waals surface area contributed by atoms with E-state index in [0.29, 0.717) is 5.02 Å². The van der Waals surface area contributed by atoms with Crippen molar-refractivity contribution in [2.24, 2.45) is 0 Å². The molecule has 0 heterocycles. The Morgan fingerprint density at radius 3 is 2.56 bits per heavy atom.